The number of fused-ring (bicyclic) bond motifs is 3. The van der Waals surface area contributed by atoms with Gasteiger partial charge in [-0.05, 0) is 48.4 Å². The molecule has 2 aliphatic rings. The lowest BCUT2D eigenvalue weighted by Gasteiger charge is -2.34. The molecule has 2 saturated heterocycles. The Kier molecular flexibility index (Phi) is 4.22. The van der Waals surface area contributed by atoms with Crippen LogP contribution in [0.4, 0.5) is 5.69 Å². The fourth-order valence-electron chi connectivity index (χ4n) is 4.44. The topological polar surface area (TPSA) is 45.7 Å². The predicted octanol–water partition coefficient (Wildman–Crippen LogP) is 3.89. The summed E-state index contributed by atoms with van der Waals surface area (Å²) in [6.45, 7) is 1.64. The van der Waals surface area contributed by atoms with Crippen molar-refractivity contribution in [1.29, 1.82) is 0 Å². The van der Waals surface area contributed by atoms with Crippen molar-refractivity contribution in [3.05, 3.63) is 65.3 Å². The number of methoxy groups -OCH3 is 1. The third-order valence-corrected chi connectivity index (χ3v) is 6.03. The van der Waals surface area contributed by atoms with Crippen molar-refractivity contribution < 1.29 is 9.53 Å². The number of carbonyl (C=O) groups excluding carboxylic acids is 1. The highest BCUT2D eigenvalue weighted by Gasteiger charge is 2.49. The molecule has 2 atom stereocenters. The second-order valence-corrected chi connectivity index (χ2v) is 7.80. The second-order valence-electron chi connectivity index (χ2n) is 7.39. The van der Waals surface area contributed by atoms with E-state index in [-0.39, 0.29) is 18.0 Å². The highest BCUT2D eigenvalue weighted by Crippen LogP contribution is 2.39. The normalized spacial score (nSPS) is 21.6. The van der Waals surface area contributed by atoms with E-state index >= 15 is 0 Å². The third kappa shape index (κ3) is 2.82. The van der Waals surface area contributed by atoms with E-state index in [1.165, 1.54) is 5.56 Å². The van der Waals surface area contributed by atoms with Crippen molar-refractivity contribution in [3.63, 3.8) is 0 Å². The van der Waals surface area contributed by atoms with Crippen molar-refractivity contribution in [2.45, 2.75) is 25.0 Å². The van der Waals surface area contributed by atoms with Crippen LogP contribution >= 0.6 is 11.6 Å². The quantitative estimate of drug-likeness (QED) is 0.674. The van der Waals surface area contributed by atoms with Gasteiger partial charge in [0.2, 0.25) is 5.91 Å². The molecule has 28 heavy (non-hydrogen) atoms. The summed E-state index contributed by atoms with van der Waals surface area (Å²) >= 11 is 6.26. The van der Waals surface area contributed by atoms with Crippen LogP contribution < -0.4 is 9.64 Å². The lowest BCUT2D eigenvalue weighted by Crippen LogP contribution is -2.50. The summed E-state index contributed by atoms with van der Waals surface area (Å²) in [7, 11) is 1.59. The number of piperazine rings is 1. The molecule has 5 nitrogen and oxygen atoms in total. The Balaban J connectivity index is 1.35. The van der Waals surface area contributed by atoms with Gasteiger partial charge in [0.15, 0.2) is 0 Å². The van der Waals surface area contributed by atoms with Gasteiger partial charge in [0, 0.05) is 30.4 Å². The molecule has 6 heteroatoms. The molecule has 2 bridgehead atoms. The van der Waals surface area contributed by atoms with Crippen LogP contribution in [0.5, 0.6) is 5.75 Å². The number of carbonyl (C=O) groups is 1. The van der Waals surface area contributed by atoms with Gasteiger partial charge >= 0.3 is 0 Å². The molecule has 1 aromatic heterocycles. The minimum atomic E-state index is -0.0736. The van der Waals surface area contributed by atoms with Crippen molar-refractivity contribution in [3.8, 4) is 5.75 Å². The predicted molar refractivity (Wildman–Crippen MR) is 110 cm³/mol. The molecular weight excluding hydrogens is 374 g/mol. The Labute approximate surface area is 168 Å². The fourth-order valence-corrected chi connectivity index (χ4v) is 4.69. The van der Waals surface area contributed by atoms with Crippen molar-refractivity contribution >= 4 is 34.1 Å². The monoisotopic (exact) mass is 393 g/mol. The number of halogens is 1. The molecule has 0 spiro atoms. The number of nitrogens with zero attached hydrogens (tertiary/aromatic N) is 3. The first-order valence-electron chi connectivity index (χ1n) is 9.38. The second kappa shape index (κ2) is 6.76. The maximum absolute atomic E-state index is 13.0. The molecule has 0 N–H and O–H groups in total. The highest BCUT2D eigenvalue weighted by atomic mass is 35.5. The van der Waals surface area contributed by atoms with Gasteiger partial charge in [-0.2, -0.15) is 0 Å². The van der Waals surface area contributed by atoms with E-state index in [2.05, 4.69) is 28.1 Å². The molecule has 1 amide bonds. The maximum atomic E-state index is 13.0. The van der Waals surface area contributed by atoms with Crippen LogP contribution in [0.1, 0.15) is 12.0 Å². The molecule has 2 aromatic carbocycles. The number of anilines is 1. The Hall–Kier alpha value is -2.63. The summed E-state index contributed by atoms with van der Waals surface area (Å²) in [5.41, 5.74) is 3.05. The number of benzene rings is 2. The van der Waals surface area contributed by atoms with E-state index in [1.807, 2.05) is 35.2 Å². The summed E-state index contributed by atoms with van der Waals surface area (Å²) in [5.74, 6) is 0.773. The number of ether oxygens (including phenoxy) is 1. The van der Waals surface area contributed by atoms with Gasteiger partial charge in [-0.15, -0.1) is 0 Å². The van der Waals surface area contributed by atoms with Crippen molar-refractivity contribution in [2.24, 2.45) is 0 Å². The zero-order valence-electron chi connectivity index (χ0n) is 15.5. The molecule has 142 valence electrons. The molecule has 0 aliphatic carbocycles. The van der Waals surface area contributed by atoms with Gasteiger partial charge in [-0.25, -0.2) is 0 Å². The Morgan fingerprint density at radius 2 is 2.11 bits per heavy atom. The van der Waals surface area contributed by atoms with Gasteiger partial charge < -0.3 is 9.64 Å². The number of hydrogen-bond donors (Lipinski definition) is 0. The summed E-state index contributed by atoms with van der Waals surface area (Å²) in [5, 5.41) is 1.65. The van der Waals surface area contributed by atoms with Crippen LogP contribution in [-0.2, 0) is 11.3 Å². The number of rotatable bonds is 4. The third-order valence-electron chi connectivity index (χ3n) is 5.74. The van der Waals surface area contributed by atoms with E-state index in [4.69, 9.17) is 16.3 Å². The highest BCUT2D eigenvalue weighted by molar-refractivity contribution is 6.32. The van der Waals surface area contributed by atoms with Crippen molar-refractivity contribution in [2.75, 3.05) is 18.6 Å². The number of hydrogen-bond acceptors (Lipinski definition) is 4. The minimum absolute atomic E-state index is 0.0736. The first kappa shape index (κ1) is 17.5. The zero-order valence-corrected chi connectivity index (χ0v) is 16.3. The lowest BCUT2D eigenvalue weighted by molar-refractivity contribution is -0.122. The van der Waals surface area contributed by atoms with E-state index in [0.29, 0.717) is 10.8 Å². The standard InChI is InChI=1S/C22H20ClN3O2/c1-28-21-7-5-16(10-18(21)23)26-17-11-20(22(26)27)25(13-17)12-14-4-6-19-15(9-14)3-2-8-24-19/h2-10,17,20H,11-13H2,1H3/t17-,20-/m0/s1. The Morgan fingerprint density at radius 1 is 1.21 bits per heavy atom. The molecule has 3 heterocycles. The largest absolute Gasteiger partial charge is 0.495 e. The summed E-state index contributed by atoms with van der Waals surface area (Å²) in [6.07, 6.45) is 2.66. The molecule has 3 aromatic rings. The van der Waals surface area contributed by atoms with E-state index in [9.17, 15) is 4.79 Å². The fraction of sp³-hybridized carbons (Fsp3) is 0.273. The van der Waals surface area contributed by atoms with Crippen molar-refractivity contribution in [1.82, 2.24) is 9.88 Å². The SMILES string of the molecule is COc1ccc(N2C(=O)[C@@H]3C[C@H]2CN3Cc2ccc3ncccc3c2)cc1Cl. The van der Waals surface area contributed by atoms with Gasteiger partial charge in [0.25, 0.3) is 0 Å². The Bertz CT molecular complexity index is 1070. The maximum Gasteiger partial charge on any atom is 0.244 e. The molecule has 2 aliphatic heterocycles. The molecule has 0 saturated carbocycles. The Morgan fingerprint density at radius 3 is 2.89 bits per heavy atom. The zero-order chi connectivity index (χ0) is 19.3. The van der Waals surface area contributed by atoms with Crippen LogP contribution in [0.3, 0.4) is 0 Å². The van der Waals surface area contributed by atoms with E-state index in [0.717, 1.165) is 36.1 Å². The molecule has 0 radical (unpaired) electrons. The van der Waals surface area contributed by atoms with Gasteiger partial charge in [0.1, 0.15) is 5.75 Å². The van der Waals surface area contributed by atoms with Gasteiger partial charge in [-0.1, -0.05) is 23.7 Å². The van der Waals surface area contributed by atoms with Crippen LogP contribution in [0.15, 0.2) is 54.7 Å². The summed E-state index contributed by atoms with van der Waals surface area (Å²) in [4.78, 5) is 21.6. The molecule has 5 rings (SSSR count). The first-order valence-corrected chi connectivity index (χ1v) is 9.76. The van der Waals surface area contributed by atoms with Crippen LogP contribution in [0.2, 0.25) is 5.02 Å². The molecule has 2 fully saturated rings. The van der Waals surface area contributed by atoms with E-state index in [1.54, 1.807) is 13.3 Å². The minimum Gasteiger partial charge on any atom is -0.495 e. The van der Waals surface area contributed by atoms with E-state index < -0.39 is 0 Å². The number of likely N-dealkylation sites (tertiary alicyclic amines) is 1. The van der Waals surface area contributed by atoms with Gasteiger partial charge in [0.05, 0.1) is 29.7 Å². The summed E-state index contributed by atoms with van der Waals surface area (Å²) < 4.78 is 5.22. The first-order chi connectivity index (χ1) is 13.6. The van der Waals surface area contributed by atoms with Crippen LogP contribution in [0.25, 0.3) is 10.9 Å². The lowest BCUT2D eigenvalue weighted by atomic mass is 10.1. The number of amides is 1. The average Bonchev–Trinajstić information content (AvgIpc) is 3.25. The average molecular weight is 394 g/mol. The molecule has 0 unspecified atom stereocenters. The van der Waals surface area contributed by atoms with Crippen LogP contribution in [-0.4, -0.2) is 41.5 Å². The molecular formula is C22H20ClN3O2. The number of pyridine rings is 1. The van der Waals surface area contributed by atoms with Gasteiger partial charge in [-0.3, -0.25) is 14.7 Å². The van der Waals surface area contributed by atoms with Crippen LogP contribution in [0, 0.1) is 0 Å². The number of aromatic nitrogens is 1. The summed E-state index contributed by atoms with van der Waals surface area (Å²) in [6, 6.07) is 16.0. The smallest absolute Gasteiger partial charge is 0.244 e.